The van der Waals surface area contributed by atoms with Gasteiger partial charge >= 0.3 is 0 Å². The van der Waals surface area contributed by atoms with Crippen molar-refractivity contribution < 1.29 is 4.39 Å². The fraction of sp³-hybridized carbons (Fsp3) is 0.500. The molecule has 2 N–H and O–H groups in total. The van der Waals surface area contributed by atoms with Gasteiger partial charge in [-0.25, -0.2) is 4.39 Å². The standard InChI is InChI=1S/C12H15Cl2FN2/c13-10-4-9(15)5-11(14)12(10)17-7-8-2-1-3-16-6-8/h4-5,8,16-17H,1-3,6-7H2. The maximum absolute atomic E-state index is 13.0. The minimum absolute atomic E-state index is 0.332. The molecule has 2 nitrogen and oxygen atoms in total. The summed E-state index contributed by atoms with van der Waals surface area (Å²) in [7, 11) is 0. The molecule has 1 unspecified atom stereocenters. The molecule has 1 atom stereocenters. The summed E-state index contributed by atoms with van der Waals surface area (Å²) in [6.07, 6.45) is 2.38. The van der Waals surface area contributed by atoms with Crippen molar-refractivity contribution in [1.29, 1.82) is 0 Å². The van der Waals surface area contributed by atoms with Crippen molar-refractivity contribution in [2.75, 3.05) is 25.0 Å². The van der Waals surface area contributed by atoms with Crippen molar-refractivity contribution in [1.82, 2.24) is 5.32 Å². The fourth-order valence-corrected chi connectivity index (χ4v) is 2.65. The Kier molecular flexibility index (Phi) is 4.48. The normalized spacial score (nSPS) is 20.3. The van der Waals surface area contributed by atoms with Gasteiger partial charge in [0.15, 0.2) is 0 Å². The van der Waals surface area contributed by atoms with Crippen LogP contribution in [0.25, 0.3) is 0 Å². The molecule has 0 aliphatic carbocycles. The second-order valence-corrected chi connectivity index (χ2v) is 5.15. The van der Waals surface area contributed by atoms with E-state index < -0.39 is 5.82 Å². The second-order valence-electron chi connectivity index (χ2n) is 4.34. The van der Waals surface area contributed by atoms with E-state index in [2.05, 4.69) is 10.6 Å². The number of hydrogen-bond donors (Lipinski definition) is 2. The molecule has 0 saturated carbocycles. The van der Waals surface area contributed by atoms with Crippen molar-refractivity contribution in [2.24, 2.45) is 5.92 Å². The number of halogens is 3. The van der Waals surface area contributed by atoms with Crippen LogP contribution in [0.1, 0.15) is 12.8 Å². The van der Waals surface area contributed by atoms with Crippen LogP contribution in [0.3, 0.4) is 0 Å². The Morgan fingerprint density at radius 2 is 2.06 bits per heavy atom. The summed E-state index contributed by atoms with van der Waals surface area (Å²) in [6, 6.07) is 2.55. The van der Waals surface area contributed by atoms with Crippen LogP contribution in [-0.4, -0.2) is 19.6 Å². The molecule has 5 heteroatoms. The van der Waals surface area contributed by atoms with Crippen LogP contribution >= 0.6 is 23.2 Å². The van der Waals surface area contributed by atoms with Gasteiger partial charge in [0.1, 0.15) is 5.82 Å². The van der Waals surface area contributed by atoms with Crippen LogP contribution in [0.15, 0.2) is 12.1 Å². The first-order chi connectivity index (χ1) is 8.16. The zero-order chi connectivity index (χ0) is 12.3. The van der Waals surface area contributed by atoms with Crippen LogP contribution < -0.4 is 10.6 Å². The van der Waals surface area contributed by atoms with Crippen molar-refractivity contribution in [3.8, 4) is 0 Å². The summed E-state index contributed by atoms with van der Waals surface area (Å²) in [6.45, 7) is 2.90. The monoisotopic (exact) mass is 276 g/mol. The third kappa shape index (κ3) is 3.47. The number of piperidine rings is 1. The van der Waals surface area contributed by atoms with Gasteiger partial charge in [-0.2, -0.15) is 0 Å². The summed E-state index contributed by atoms with van der Waals surface area (Å²) in [5, 5.41) is 7.22. The van der Waals surface area contributed by atoms with Crippen LogP contribution in [0, 0.1) is 11.7 Å². The van der Waals surface area contributed by atoms with Crippen molar-refractivity contribution in [2.45, 2.75) is 12.8 Å². The first kappa shape index (κ1) is 12.9. The van der Waals surface area contributed by atoms with Gasteiger partial charge in [0.2, 0.25) is 0 Å². The molecule has 0 aromatic heterocycles. The predicted molar refractivity (Wildman–Crippen MR) is 70.5 cm³/mol. The quantitative estimate of drug-likeness (QED) is 0.883. The second kappa shape index (κ2) is 5.89. The molecule has 1 heterocycles. The molecular formula is C12H15Cl2FN2. The maximum atomic E-state index is 13.0. The van der Waals surface area contributed by atoms with Gasteiger partial charge in [0, 0.05) is 6.54 Å². The molecule has 0 spiro atoms. The van der Waals surface area contributed by atoms with E-state index in [9.17, 15) is 4.39 Å². The Balaban J connectivity index is 1.98. The van der Waals surface area contributed by atoms with E-state index in [0.29, 0.717) is 21.7 Å². The molecule has 1 fully saturated rings. The molecule has 0 radical (unpaired) electrons. The molecular weight excluding hydrogens is 262 g/mol. The Bertz CT molecular complexity index is 369. The number of rotatable bonds is 3. The van der Waals surface area contributed by atoms with Gasteiger partial charge in [0.25, 0.3) is 0 Å². The smallest absolute Gasteiger partial charge is 0.126 e. The van der Waals surface area contributed by atoms with Gasteiger partial charge in [-0.05, 0) is 44.0 Å². The maximum Gasteiger partial charge on any atom is 0.126 e. The van der Waals surface area contributed by atoms with Crippen LogP contribution in [0.4, 0.5) is 10.1 Å². The molecule has 17 heavy (non-hydrogen) atoms. The highest BCUT2D eigenvalue weighted by Crippen LogP contribution is 2.31. The molecule has 1 aromatic carbocycles. The lowest BCUT2D eigenvalue weighted by molar-refractivity contribution is 0.393. The average Bonchev–Trinajstić information content (AvgIpc) is 2.29. The Morgan fingerprint density at radius 1 is 1.35 bits per heavy atom. The zero-order valence-corrected chi connectivity index (χ0v) is 10.9. The van der Waals surface area contributed by atoms with E-state index in [4.69, 9.17) is 23.2 Å². The lowest BCUT2D eigenvalue weighted by Crippen LogP contribution is -2.33. The van der Waals surface area contributed by atoms with E-state index in [1.165, 1.54) is 25.0 Å². The third-order valence-corrected chi connectivity index (χ3v) is 3.57. The summed E-state index contributed by atoms with van der Waals surface area (Å²) in [5.41, 5.74) is 0.625. The Hall–Kier alpha value is -0.510. The van der Waals surface area contributed by atoms with Crippen LogP contribution in [0.2, 0.25) is 10.0 Å². The van der Waals surface area contributed by atoms with Gasteiger partial charge in [-0.15, -0.1) is 0 Å². The van der Waals surface area contributed by atoms with Crippen LogP contribution in [0.5, 0.6) is 0 Å². The van der Waals surface area contributed by atoms with Gasteiger partial charge in [0.05, 0.1) is 15.7 Å². The highest BCUT2D eigenvalue weighted by Gasteiger charge is 2.14. The lowest BCUT2D eigenvalue weighted by Gasteiger charge is -2.23. The molecule has 0 bridgehead atoms. The Morgan fingerprint density at radius 3 is 2.65 bits per heavy atom. The number of anilines is 1. The largest absolute Gasteiger partial charge is 0.382 e. The third-order valence-electron chi connectivity index (χ3n) is 2.97. The van der Waals surface area contributed by atoms with E-state index in [1.807, 2.05) is 0 Å². The minimum atomic E-state index is -0.412. The van der Waals surface area contributed by atoms with Crippen molar-refractivity contribution in [3.05, 3.63) is 28.0 Å². The molecule has 1 aliphatic rings. The van der Waals surface area contributed by atoms with Crippen LogP contribution in [-0.2, 0) is 0 Å². The highest BCUT2D eigenvalue weighted by atomic mass is 35.5. The predicted octanol–water partition coefficient (Wildman–Crippen LogP) is 3.54. The van der Waals surface area contributed by atoms with Crippen molar-refractivity contribution >= 4 is 28.9 Å². The number of benzene rings is 1. The van der Waals surface area contributed by atoms with Crippen molar-refractivity contribution in [3.63, 3.8) is 0 Å². The summed E-state index contributed by atoms with van der Waals surface area (Å²) < 4.78 is 13.0. The van der Waals surface area contributed by atoms with Gasteiger partial charge in [-0.3, -0.25) is 0 Å². The van der Waals surface area contributed by atoms with E-state index in [1.54, 1.807) is 0 Å². The first-order valence-corrected chi connectivity index (χ1v) is 6.51. The topological polar surface area (TPSA) is 24.1 Å². The average molecular weight is 277 g/mol. The molecule has 1 aliphatic heterocycles. The molecule has 94 valence electrons. The highest BCUT2D eigenvalue weighted by molar-refractivity contribution is 6.39. The van der Waals surface area contributed by atoms with Gasteiger partial charge < -0.3 is 10.6 Å². The summed E-state index contributed by atoms with van der Waals surface area (Å²) >= 11 is 11.9. The molecule has 1 saturated heterocycles. The van der Waals surface area contributed by atoms with E-state index >= 15 is 0 Å². The SMILES string of the molecule is Fc1cc(Cl)c(NCC2CCCNC2)c(Cl)c1. The molecule has 0 amide bonds. The van der Waals surface area contributed by atoms with Gasteiger partial charge in [-0.1, -0.05) is 23.2 Å². The lowest BCUT2D eigenvalue weighted by atomic mass is 10.00. The molecule has 1 aromatic rings. The minimum Gasteiger partial charge on any atom is -0.382 e. The van der Waals surface area contributed by atoms with E-state index in [-0.39, 0.29) is 0 Å². The zero-order valence-electron chi connectivity index (χ0n) is 9.40. The summed E-state index contributed by atoms with van der Waals surface area (Å²) in [4.78, 5) is 0. The first-order valence-electron chi connectivity index (χ1n) is 5.76. The van der Waals surface area contributed by atoms with E-state index in [0.717, 1.165) is 19.6 Å². The summed E-state index contributed by atoms with van der Waals surface area (Å²) in [5.74, 6) is 0.158. The number of nitrogens with one attached hydrogen (secondary N) is 2. The fourth-order valence-electron chi connectivity index (χ4n) is 2.06. The number of hydrogen-bond acceptors (Lipinski definition) is 2. The molecule has 2 rings (SSSR count). The Labute approximate surface area is 110 Å².